The van der Waals surface area contributed by atoms with Crippen molar-refractivity contribution in [2.24, 2.45) is 0 Å². The third kappa shape index (κ3) is 4.21. The highest BCUT2D eigenvalue weighted by Crippen LogP contribution is 2.26. The summed E-state index contributed by atoms with van der Waals surface area (Å²) < 4.78 is 0. The molecule has 0 fully saturated rings. The van der Waals surface area contributed by atoms with Crippen molar-refractivity contribution < 1.29 is 0 Å². The second-order valence-corrected chi connectivity index (χ2v) is 4.98. The molecule has 0 bridgehead atoms. The summed E-state index contributed by atoms with van der Waals surface area (Å²) in [5.41, 5.74) is 1.62. The molecule has 3 nitrogen and oxygen atoms in total. The molecule has 0 aliphatic carbocycles. The summed E-state index contributed by atoms with van der Waals surface area (Å²) in [4.78, 5) is 4.42. The van der Waals surface area contributed by atoms with Crippen LogP contribution in [0.25, 0.3) is 0 Å². The topological polar surface area (TPSA) is 30.3 Å². The van der Waals surface area contributed by atoms with Gasteiger partial charge in [0.15, 0.2) is 0 Å². The maximum atomic E-state index is 8.84. The van der Waals surface area contributed by atoms with Crippen LogP contribution < -0.4 is 4.90 Å². The molecule has 0 aliphatic heterocycles. The van der Waals surface area contributed by atoms with E-state index in [0.29, 0.717) is 10.6 Å². The van der Waals surface area contributed by atoms with E-state index in [9.17, 15) is 0 Å². The van der Waals surface area contributed by atoms with Crippen molar-refractivity contribution in [3.8, 4) is 6.07 Å². The normalized spacial score (nSPS) is 10.4. The van der Waals surface area contributed by atoms with Crippen LogP contribution in [0.2, 0.25) is 5.02 Å². The number of likely N-dealkylation sites (N-methyl/N-ethyl adjacent to an activating group) is 1. The zero-order chi connectivity index (χ0) is 13.5. The Balaban J connectivity index is 2.88. The average molecular weight is 266 g/mol. The van der Waals surface area contributed by atoms with Gasteiger partial charge in [-0.1, -0.05) is 18.5 Å². The van der Waals surface area contributed by atoms with Gasteiger partial charge in [-0.15, -0.1) is 0 Å². The van der Waals surface area contributed by atoms with Gasteiger partial charge >= 0.3 is 0 Å². The molecule has 0 spiro atoms. The van der Waals surface area contributed by atoms with Crippen LogP contribution in [-0.2, 0) is 0 Å². The summed E-state index contributed by atoms with van der Waals surface area (Å²) in [7, 11) is 4.12. The Kier molecular flexibility index (Phi) is 5.97. The number of hydrogen-bond acceptors (Lipinski definition) is 3. The zero-order valence-electron chi connectivity index (χ0n) is 11.3. The number of nitriles is 1. The Hall–Kier alpha value is -1.24. The Bertz CT molecular complexity index is 424. The molecule has 18 heavy (non-hydrogen) atoms. The van der Waals surface area contributed by atoms with E-state index >= 15 is 0 Å². The van der Waals surface area contributed by atoms with E-state index in [-0.39, 0.29) is 0 Å². The van der Waals surface area contributed by atoms with Crippen LogP contribution in [0.1, 0.15) is 18.9 Å². The molecule has 0 heterocycles. The zero-order valence-corrected chi connectivity index (χ0v) is 12.0. The number of benzene rings is 1. The predicted octanol–water partition coefficient (Wildman–Crippen LogP) is 2.99. The molecule has 0 N–H and O–H groups in total. The summed E-state index contributed by atoms with van der Waals surface area (Å²) in [5, 5.41) is 9.50. The third-order valence-electron chi connectivity index (χ3n) is 2.73. The molecule has 0 amide bonds. The molecule has 98 valence electrons. The summed E-state index contributed by atoms with van der Waals surface area (Å²) in [6, 6.07) is 7.59. The highest BCUT2D eigenvalue weighted by Gasteiger charge is 2.10. The van der Waals surface area contributed by atoms with Crippen molar-refractivity contribution in [2.45, 2.75) is 13.3 Å². The first-order valence-electron chi connectivity index (χ1n) is 6.17. The number of halogens is 1. The highest BCUT2D eigenvalue weighted by atomic mass is 35.5. The molecule has 1 aromatic rings. The Morgan fingerprint density at radius 3 is 2.44 bits per heavy atom. The van der Waals surface area contributed by atoms with E-state index in [0.717, 1.165) is 31.7 Å². The molecule has 1 rings (SSSR count). The van der Waals surface area contributed by atoms with Gasteiger partial charge in [0.25, 0.3) is 0 Å². The summed E-state index contributed by atoms with van der Waals surface area (Å²) in [5.74, 6) is 0. The summed E-state index contributed by atoms with van der Waals surface area (Å²) in [6.07, 6.45) is 1.07. The highest BCUT2D eigenvalue weighted by molar-refractivity contribution is 6.33. The lowest BCUT2D eigenvalue weighted by Crippen LogP contribution is -2.32. The van der Waals surface area contributed by atoms with Gasteiger partial charge in [0.05, 0.1) is 22.3 Å². The van der Waals surface area contributed by atoms with Crippen molar-refractivity contribution in [2.75, 3.05) is 38.6 Å². The lowest BCUT2D eigenvalue weighted by Gasteiger charge is -2.27. The molecule has 4 heteroatoms. The minimum atomic E-state index is 0.604. The number of anilines is 1. The minimum absolute atomic E-state index is 0.604. The SMILES string of the molecule is CCCN(CCN(C)C)c1ccc(C#N)cc1Cl. The number of rotatable bonds is 6. The molecule has 1 aromatic carbocycles. The van der Waals surface area contributed by atoms with Gasteiger partial charge in [0.2, 0.25) is 0 Å². The Labute approximate surface area is 115 Å². The van der Waals surface area contributed by atoms with Crippen molar-refractivity contribution >= 4 is 17.3 Å². The predicted molar refractivity (Wildman–Crippen MR) is 77.2 cm³/mol. The van der Waals surface area contributed by atoms with Crippen LogP contribution in [0.3, 0.4) is 0 Å². The molecule has 0 unspecified atom stereocenters. The second-order valence-electron chi connectivity index (χ2n) is 4.57. The van der Waals surface area contributed by atoms with Crippen LogP contribution in [0, 0.1) is 11.3 Å². The van der Waals surface area contributed by atoms with E-state index in [4.69, 9.17) is 16.9 Å². The fraction of sp³-hybridized carbons (Fsp3) is 0.500. The van der Waals surface area contributed by atoms with E-state index in [2.05, 4.69) is 36.9 Å². The van der Waals surface area contributed by atoms with Gasteiger partial charge in [-0.2, -0.15) is 5.26 Å². The molecular formula is C14H20ClN3. The summed E-state index contributed by atoms with van der Waals surface area (Å²) in [6.45, 7) is 5.04. The smallest absolute Gasteiger partial charge is 0.0992 e. The molecule has 0 saturated heterocycles. The Morgan fingerprint density at radius 2 is 1.94 bits per heavy atom. The van der Waals surface area contributed by atoms with Crippen LogP contribution in [-0.4, -0.2) is 38.6 Å². The molecule has 0 aliphatic rings. The van der Waals surface area contributed by atoms with Crippen LogP contribution in [0.15, 0.2) is 18.2 Å². The average Bonchev–Trinajstić information content (AvgIpc) is 2.34. The van der Waals surface area contributed by atoms with Crippen LogP contribution in [0.5, 0.6) is 0 Å². The fourth-order valence-electron chi connectivity index (χ4n) is 1.78. The monoisotopic (exact) mass is 265 g/mol. The van der Waals surface area contributed by atoms with Gasteiger partial charge in [0, 0.05) is 19.6 Å². The lowest BCUT2D eigenvalue weighted by molar-refractivity contribution is 0.413. The van der Waals surface area contributed by atoms with Gasteiger partial charge < -0.3 is 9.80 Å². The maximum Gasteiger partial charge on any atom is 0.0992 e. The largest absolute Gasteiger partial charge is 0.369 e. The van der Waals surface area contributed by atoms with E-state index in [1.54, 1.807) is 6.07 Å². The van der Waals surface area contributed by atoms with E-state index in [1.807, 2.05) is 12.1 Å². The first kappa shape index (κ1) is 14.8. The van der Waals surface area contributed by atoms with Gasteiger partial charge in [-0.3, -0.25) is 0 Å². The summed E-state index contributed by atoms with van der Waals surface area (Å²) >= 11 is 6.25. The third-order valence-corrected chi connectivity index (χ3v) is 3.03. The van der Waals surface area contributed by atoms with E-state index in [1.165, 1.54) is 0 Å². The number of nitrogens with zero attached hydrogens (tertiary/aromatic N) is 3. The molecule has 0 atom stereocenters. The van der Waals surface area contributed by atoms with Gasteiger partial charge in [0.1, 0.15) is 0 Å². The van der Waals surface area contributed by atoms with Crippen molar-refractivity contribution in [1.29, 1.82) is 5.26 Å². The molecule has 0 radical (unpaired) electrons. The first-order valence-corrected chi connectivity index (χ1v) is 6.55. The lowest BCUT2D eigenvalue weighted by atomic mass is 10.2. The van der Waals surface area contributed by atoms with Gasteiger partial charge in [-0.05, 0) is 38.7 Å². The number of hydrogen-bond donors (Lipinski definition) is 0. The molecule has 0 saturated carbocycles. The van der Waals surface area contributed by atoms with Crippen molar-refractivity contribution in [3.63, 3.8) is 0 Å². The van der Waals surface area contributed by atoms with Crippen molar-refractivity contribution in [1.82, 2.24) is 4.90 Å². The van der Waals surface area contributed by atoms with E-state index < -0.39 is 0 Å². The molecular weight excluding hydrogens is 246 g/mol. The van der Waals surface area contributed by atoms with Crippen LogP contribution >= 0.6 is 11.6 Å². The first-order chi connectivity index (χ1) is 8.58. The Morgan fingerprint density at radius 1 is 1.22 bits per heavy atom. The van der Waals surface area contributed by atoms with Crippen molar-refractivity contribution in [3.05, 3.63) is 28.8 Å². The van der Waals surface area contributed by atoms with Crippen LogP contribution in [0.4, 0.5) is 5.69 Å². The fourth-order valence-corrected chi connectivity index (χ4v) is 2.08. The second kappa shape index (κ2) is 7.25. The maximum absolute atomic E-state index is 8.84. The van der Waals surface area contributed by atoms with Gasteiger partial charge in [-0.25, -0.2) is 0 Å². The molecule has 0 aromatic heterocycles. The standard InChI is InChI=1S/C14H20ClN3/c1-4-7-18(9-8-17(2)3)14-6-5-12(11-16)10-13(14)15/h5-6,10H,4,7-9H2,1-3H3. The minimum Gasteiger partial charge on any atom is -0.369 e. The quantitative estimate of drug-likeness (QED) is 0.792.